The molecule has 0 saturated heterocycles. The van der Waals surface area contributed by atoms with Crippen LogP contribution in [0.15, 0.2) is 0 Å². The summed E-state index contributed by atoms with van der Waals surface area (Å²) in [5.41, 5.74) is 0. The van der Waals surface area contributed by atoms with Gasteiger partial charge in [0.15, 0.2) is 0 Å². The van der Waals surface area contributed by atoms with Gasteiger partial charge in [0.2, 0.25) is 0 Å². The van der Waals surface area contributed by atoms with Gasteiger partial charge in [-0.3, -0.25) is 4.79 Å². The fraction of sp³-hybridized carbons (Fsp3) is 0.900. The molecule has 0 heterocycles. The SMILES string of the molecule is CC(C)C[C@@H](CC(=O)O)NC(C)C. The Bertz CT molecular complexity index is 145. The molecule has 0 spiro atoms. The van der Waals surface area contributed by atoms with Crippen molar-refractivity contribution in [1.29, 1.82) is 0 Å². The van der Waals surface area contributed by atoms with Crippen molar-refractivity contribution in [2.45, 2.75) is 52.6 Å². The maximum Gasteiger partial charge on any atom is 0.304 e. The molecule has 3 heteroatoms. The van der Waals surface area contributed by atoms with Crippen molar-refractivity contribution in [1.82, 2.24) is 5.32 Å². The molecular weight excluding hydrogens is 166 g/mol. The lowest BCUT2D eigenvalue weighted by Gasteiger charge is -2.21. The van der Waals surface area contributed by atoms with Gasteiger partial charge in [-0.05, 0) is 12.3 Å². The van der Waals surface area contributed by atoms with Crippen molar-refractivity contribution in [2.75, 3.05) is 0 Å². The molecular formula is C10H21NO2. The summed E-state index contributed by atoms with van der Waals surface area (Å²) >= 11 is 0. The van der Waals surface area contributed by atoms with Crippen LogP contribution in [-0.2, 0) is 4.79 Å². The Hall–Kier alpha value is -0.570. The molecule has 0 aromatic carbocycles. The zero-order valence-electron chi connectivity index (χ0n) is 9.00. The van der Waals surface area contributed by atoms with Crippen molar-refractivity contribution in [2.24, 2.45) is 5.92 Å². The summed E-state index contributed by atoms with van der Waals surface area (Å²) < 4.78 is 0. The van der Waals surface area contributed by atoms with E-state index in [1.54, 1.807) is 0 Å². The summed E-state index contributed by atoms with van der Waals surface area (Å²) in [5, 5.41) is 11.9. The Labute approximate surface area is 80.5 Å². The van der Waals surface area contributed by atoms with E-state index in [-0.39, 0.29) is 12.5 Å². The van der Waals surface area contributed by atoms with E-state index in [1.807, 2.05) is 13.8 Å². The molecule has 0 aliphatic carbocycles. The first-order valence-electron chi connectivity index (χ1n) is 4.89. The fourth-order valence-corrected chi connectivity index (χ4v) is 1.46. The fourth-order valence-electron chi connectivity index (χ4n) is 1.46. The van der Waals surface area contributed by atoms with Gasteiger partial charge >= 0.3 is 5.97 Å². The van der Waals surface area contributed by atoms with Crippen LogP contribution in [0.3, 0.4) is 0 Å². The summed E-state index contributed by atoms with van der Waals surface area (Å²) in [7, 11) is 0. The number of hydrogen-bond donors (Lipinski definition) is 2. The Kier molecular flexibility index (Phi) is 5.71. The third kappa shape index (κ3) is 7.78. The van der Waals surface area contributed by atoms with E-state index in [4.69, 9.17) is 5.11 Å². The summed E-state index contributed by atoms with van der Waals surface area (Å²) in [6.45, 7) is 8.29. The standard InChI is InChI=1S/C10H21NO2/c1-7(2)5-9(6-10(12)13)11-8(3)4/h7-9,11H,5-6H2,1-4H3,(H,12,13)/t9-/m0/s1. The molecule has 78 valence electrons. The molecule has 0 saturated carbocycles. The minimum absolute atomic E-state index is 0.109. The normalized spacial score (nSPS) is 13.7. The Morgan fingerprint density at radius 3 is 2.15 bits per heavy atom. The monoisotopic (exact) mass is 187 g/mol. The van der Waals surface area contributed by atoms with Crippen LogP contribution in [-0.4, -0.2) is 23.2 Å². The van der Waals surface area contributed by atoms with Gasteiger partial charge in [-0.1, -0.05) is 27.7 Å². The van der Waals surface area contributed by atoms with Gasteiger partial charge < -0.3 is 10.4 Å². The Morgan fingerprint density at radius 2 is 1.85 bits per heavy atom. The van der Waals surface area contributed by atoms with Gasteiger partial charge in [-0.2, -0.15) is 0 Å². The summed E-state index contributed by atoms with van der Waals surface area (Å²) in [4.78, 5) is 10.5. The van der Waals surface area contributed by atoms with Gasteiger partial charge in [0.1, 0.15) is 0 Å². The Morgan fingerprint density at radius 1 is 1.31 bits per heavy atom. The van der Waals surface area contributed by atoms with Crippen molar-refractivity contribution in [3.8, 4) is 0 Å². The zero-order chi connectivity index (χ0) is 10.4. The van der Waals surface area contributed by atoms with Crippen LogP contribution >= 0.6 is 0 Å². The maximum absolute atomic E-state index is 10.5. The number of carboxylic acids is 1. The molecule has 1 atom stereocenters. The Balaban J connectivity index is 3.95. The lowest BCUT2D eigenvalue weighted by molar-refractivity contribution is -0.137. The minimum atomic E-state index is -0.723. The van der Waals surface area contributed by atoms with Crippen LogP contribution in [0, 0.1) is 5.92 Å². The van der Waals surface area contributed by atoms with Crippen molar-refractivity contribution >= 4 is 5.97 Å². The van der Waals surface area contributed by atoms with Gasteiger partial charge in [0.25, 0.3) is 0 Å². The molecule has 0 amide bonds. The third-order valence-electron chi connectivity index (χ3n) is 1.75. The molecule has 3 nitrogen and oxygen atoms in total. The zero-order valence-corrected chi connectivity index (χ0v) is 9.00. The van der Waals surface area contributed by atoms with Crippen molar-refractivity contribution in [3.63, 3.8) is 0 Å². The van der Waals surface area contributed by atoms with Gasteiger partial charge in [0, 0.05) is 12.1 Å². The van der Waals surface area contributed by atoms with Crippen LogP contribution in [0.25, 0.3) is 0 Å². The second kappa shape index (κ2) is 5.97. The van der Waals surface area contributed by atoms with Crippen molar-refractivity contribution in [3.05, 3.63) is 0 Å². The lowest BCUT2D eigenvalue weighted by atomic mass is 10.0. The second-order valence-electron chi connectivity index (χ2n) is 4.25. The van der Waals surface area contributed by atoms with Gasteiger partial charge in [0.05, 0.1) is 6.42 Å². The van der Waals surface area contributed by atoms with E-state index in [2.05, 4.69) is 19.2 Å². The molecule has 0 aromatic heterocycles. The molecule has 0 bridgehead atoms. The first-order valence-corrected chi connectivity index (χ1v) is 4.89. The summed E-state index contributed by atoms with van der Waals surface area (Å²) in [5.74, 6) is -0.186. The van der Waals surface area contributed by atoms with Crippen molar-refractivity contribution < 1.29 is 9.90 Å². The predicted molar refractivity (Wildman–Crippen MR) is 53.8 cm³/mol. The van der Waals surface area contributed by atoms with Crippen LogP contribution < -0.4 is 5.32 Å². The highest BCUT2D eigenvalue weighted by Gasteiger charge is 2.14. The van der Waals surface area contributed by atoms with E-state index in [0.717, 1.165) is 6.42 Å². The van der Waals surface area contributed by atoms with Crippen LogP contribution in [0.4, 0.5) is 0 Å². The van der Waals surface area contributed by atoms with E-state index >= 15 is 0 Å². The quantitative estimate of drug-likeness (QED) is 0.667. The highest BCUT2D eigenvalue weighted by molar-refractivity contribution is 5.67. The van der Waals surface area contributed by atoms with Gasteiger partial charge in [-0.25, -0.2) is 0 Å². The third-order valence-corrected chi connectivity index (χ3v) is 1.75. The number of carboxylic acid groups (broad SMARTS) is 1. The molecule has 0 unspecified atom stereocenters. The van der Waals surface area contributed by atoms with Crippen LogP contribution in [0.1, 0.15) is 40.5 Å². The minimum Gasteiger partial charge on any atom is -0.481 e. The van der Waals surface area contributed by atoms with Crippen LogP contribution in [0.2, 0.25) is 0 Å². The highest BCUT2D eigenvalue weighted by atomic mass is 16.4. The van der Waals surface area contributed by atoms with E-state index in [9.17, 15) is 4.79 Å². The summed E-state index contributed by atoms with van der Waals surface area (Å²) in [6.07, 6.45) is 1.14. The first-order chi connectivity index (χ1) is 5.91. The summed E-state index contributed by atoms with van der Waals surface area (Å²) in [6, 6.07) is 0.459. The molecule has 13 heavy (non-hydrogen) atoms. The number of carbonyl (C=O) groups is 1. The number of nitrogens with one attached hydrogen (secondary N) is 1. The van der Waals surface area contributed by atoms with Gasteiger partial charge in [-0.15, -0.1) is 0 Å². The number of aliphatic carboxylic acids is 1. The molecule has 0 fully saturated rings. The average Bonchev–Trinajstić information content (AvgIpc) is 1.80. The molecule has 0 rings (SSSR count). The largest absolute Gasteiger partial charge is 0.481 e. The number of rotatable bonds is 6. The molecule has 0 aliphatic rings. The van der Waals surface area contributed by atoms with E-state index < -0.39 is 5.97 Å². The topological polar surface area (TPSA) is 49.3 Å². The smallest absolute Gasteiger partial charge is 0.304 e. The second-order valence-corrected chi connectivity index (χ2v) is 4.25. The molecule has 2 N–H and O–H groups in total. The van der Waals surface area contributed by atoms with Crippen LogP contribution in [0.5, 0.6) is 0 Å². The van der Waals surface area contributed by atoms with E-state index in [1.165, 1.54) is 0 Å². The predicted octanol–water partition coefficient (Wildman–Crippen LogP) is 1.87. The number of hydrogen-bond acceptors (Lipinski definition) is 2. The maximum atomic E-state index is 10.5. The molecule has 0 aliphatic heterocycles. The average molecular weight is 187 g/mol. The lowest BCUT2D eigenvalue weighted by Crippen LogP contribution is -2.37. The highest BCUT2D eigenvalue weighted by Crippen LogP contribution is 2.08. The molecule has 0 aromatic rings. The first kappa shape index (κ1) is 12.4. The molecule has 0 radical (unpaired) electrons. The van der Waals surface area contributed by atoms with E-state index in [0.29, 0.717) is 12.0 Å².